The van der Waals surface area contributed by atoms with Crippen LogP contribution in [0.4, 0.5) is 0 Å². The van der Waals surface area contributed by atoms with E-state index >= 15 is 0 Å². The van der Waals surface area contributed by atoms with Gasteiger partial charge < -0.3 is 10.2 Å². The van der Waals surface area contributed by atoms with Crippen LogP contribution in [0.1, 0.15) is 861 Å². The van der Waals surface area contributed by atoms with Gasteiger partial charge in [0.1, 0.15) is 0 Å². The Hall–Kier alpha value is -0.600. The first kappa shape index (κ1) is 152. The summed E-state index contributed by atoms with van der Waals surface area (Å²) in [5.41, 5.74) is 2.24. The molecule has 0 fully saturated rings. The molecule has 0 aliphatic rings. The zero-order valence-electron chi connectivity index (χ0n) is 105. The summed E-state index contributed by atoms with van der Waals surface area (Å²) in [5.74, 6) is 2.34. The van der Waals surface area contributed by atoms with Crippen molar-refractivity contribution in [3.63, 3.8) is 0 Å². The average Bonchev–Trinajstić information content (AvgIpc) is 0.986. The smallest absolute Gasteiger partial charge is 0.0487 e. The molecule has 0 radical (unpaired) electrons. The summed E-state index contributed by atoms with van der Waals surface area (Å²) in [5, 5.41) is 20.7. The summed E-state index contributed by atoms with van der Waals surface area (Å²) >= 11 is 0. The molecule has 4 unspecified atom stereocenters. The molecular weight excluding hydrogens is 1760 g/mol. The number of aliphatic hydroxyl groups excluding tert-OH is 2. The van der Waals surface area contributed by atoms with E-state index in [0.29, 0.717) is 24.5 Å². The molecule has 2 heteroatoms. The molecule has 0 amide bonds. The summed E-state index contributed by atoms with van der Waals surface area (Å²) < 4.78 is 0. The SMILES string of the molecule is C=C(CCCCCCCCCC)CC(CCCCCCCCCC)CCCCCCCCCCCC.CCCCCCCCCC/C=C/C(C)(CCCCCCCCCC)CCCCCCCCCCCC.CCCCCCCCCCCCC(CCCCCCCCCC)CC(CO)CCCCCCCCCC.CCCCCCCCCCCCC(CO)(CCCCCCCCCC)CCCCCCCCCCCC. The van der Waals surface area contributed by atoms with Crippen molar-refractivity contribution in [2.24, 2.45) is 28.6 Å². The van der Waals surface area contributed by atoms with Crippen molar-refractivity contribution < 1.29 is 10.2 Å². The van der Waals surface area contributed by atoms with Crippen LogP contribution in [0.25, 0.3) is 0 Å². The Labute approximate surface area is 930 Å². The van der Waals surface area contributed by atoms with Crippen molar-refractivity contribution in [2.75, 3.05) is 13.2 Å². The summed E-state index contributed by atoms with van der Waals surface area (Å²) in [7, 11) is 0. The molecule has 2 N–H and O–H groups in total. The third-order valence-electron chi connectivity index (χ3n) is 34.7. The van der Waals surface area contributed by atoms with E-state index in [1.54, 1.807) is 5.57 Å². The topological polar surface area (TPSA) is 40.5 Å². The molecule has 0 aliphatic carbocycles. The van der Waals surface area contributed by atoms with Gasteiger partial charge in [0.15, 0.2) is 0 Å². The Morgan fingerprint density at radius 3 is 0.555 bits per heavy atom. The summed E-state index contributed by atoms with van der Waals surface area (Å²) in [6, 6.07) is 0. The van der Waals surface area contributed by atoms with Gasteiger partial charge in [-0.25, -0.2) is 0 Å². The molecule has 0 rings (SSSR count). The third-order valence-corrected chi connectivity index (χ3v) is 34.7. The normalized spacial score (nSPS) is 12.8. The second-order valence-corrected chi connectivity index (χ2v) is 50.2. The number of hydrogen-bond acceptors (Lipinski definition) is 2. The maximum absolute atomic E-state index is 10.6. The first-order valence-corrected chi connectivity index (χ1v) is 70.5. The van der Waals surface area contributed by atoms with E-state index < -0.39 is 0 Å². The van der Waals surface area contributed by atoms with Crippen LogP contribution in [-0.2, 0) is 0 Å². The molecular formula is C144H292O2. The van der Waals surface area contributed by atoms with Crippen molar-refractivity contribution in [1.82, 2.24) is 0 Å². The summed E-state index contributed by atoms with van der Waals surface area (Å²) in [6.45, 7) is 35.7. The van der Waals surface area contributed by atoms with Crippen molar-refractivity contribution in [3.8, 4) is 0 Å². The number of aliphatic hydroxyl groups is 2. The van der Waals surface area contributed by atoms with Gasteiger partial charge in [-0.3, -0.25) is 0 Å². The third kappa shape index (κ3) is 129. The number of unbranched alkanes of at least 4 members (excludes halogenated alkanes) is 95. The van der Waals surface area contributed by atoms with E-state index in [0.717, 1.165) is 11.8 Å². The Morgan fingerprint density at radius 2 is 0.356 bits per heavy atom. The van der Waals surface area contributed by atoms with E-state index in [1.807, 2.05) is 0 Å². The molecule has 880 valence electrons. The maximum Gasteiger partial charge on any atom is 0.0487 e. The van der Waals surface area contributed by atoms with Crippen LogP contribution in [0.15, 0.2) is 24.3 Å². The Kier molecular flexibility index (Phi) is 142. The van der Waals surface area contributed by atoms with Crippen LogP contribution < -0.4 is 0 Å². The van der Waals surface area contributed by atoms with Gasteiger partial charge >= 0.3 is 0 Å². The lowest BCUT2D eigenvalue weighted by Gasteiger charge is -2.32. The molecule has 0 saturated carbocycles. The minimum atomic E-state index is 0.225. The summed E-state index contributed by atoms with van der Waals surface area (Å²) in [4.78, 5) is 0. The van der Waals surface area contributed by atoms with Crippen LogP contribution in [0.3, 0.4) is 0 Å². The summed E-state index contributed by atoms with van der Waals surface area (Å²) in [6.07, 6.45) is 175. The van der Waals surface area contributed by atoms with Gasteiger partial charge in [0.2, 0.25) is 0 Å². The fourth-order valence-electron chi connectivity index (χ4n) is 24.0. The van der Waals surface area contributed by atoms with Crippen LogP contribution in [0, 0.1) is 28.6 Å². The molecule has 0 saturated heterocycles. The van der Waals surface area contributed by atoms with E-state index in [9.17, 15) is 10.2 Å². The lowest BCUT2D eigenvalue weighted by Crippen LogP contribution is -2.26. The fraction of sp³-hybridized carbons (Fsp3) is 0.972. The van der Waals surface area contributed by atoms with Crippen molar-refractivity contribution in [2.45, 2.75) is 861 Å². The van der Waals surface area contributed by atoms with Crippen molar-refractivity contribution >= 4 is 0 Å². The first-order chi connectivity index (χ1) is 71.9. The minimum absolute atomic E-state index is 0.225. The minimum Gasteiger partial charge on any atom is -0.396 e. The van der Waals surface area contributed by atoms with Crippen LogP contribution in [0.5, 0.6) is 0 Å². The highest BCUT2D eigenvalue weighted by molar-refractivity contribution is 4.98. The average molecular weight is 2060 g/mol. The van der Waals surface area contributed by atoms with Gasteiger partial charge in [0, 0.05) is 13.2 Å². The quantitative estimate of drug-likeness (QED) is 0.0471. The van der Waals surface area contributed by atoms with E-state index in [4.69, 9.17) is 0 Å². The first-order valence-electron chi connectivity index (χ1n) is 70.5. The highest BCUT2D eigenvalue weighted by Crippen LogP contribution is 2.39. The highest BCUT2D eigenvalue weighted by atomic mass is 16.3. The van der Waals surface area contributed by atoms with E-state index in [1.165, 1.54) is 770 Å². The molecule has 0 bridgehead atoms. The predicted octanol–water partition coefficient (Wildman–Crippen LogP) is 53.9. The lowest BCUT2D eigenvalue weighted by atomic mass is 9.74. The van der Waals surface area contributed by atoms with E-state index in [2.05, 4.69) is 109 Å². The van der Waals surface area contributed by atoms with Gasteiger partial charge in [0.25, 0.3) is 0 Å². The monoisotopic (exact) mass is 2050 g/mol. The second-order valence-electron chi connectivity index (χ2n) is 50.2. The van der Waals surface area contributed by atoms with Crippen molar-refractivity contribution in [3.05, 3.63) is 24.3 Å². The predicted molar refractivity (Wildman–Crippen MR) is 676 cm³/mol. The van der Waals surface area contributed by atoms with Crippen molar-refractivity contribution in [1.29, 1.82) is 0 Å². The molecule has 146 heavy (non-hydrogen) atoms. The largest absolute Gasteiger partial charge is 0.396 e. The van der Waals surface area contributed by atoms with Gasteiger partial charge in [-0.2, -0.15) is 0 Å². The van der Waals surface area contributed by atoms with Gasteiger partial charge in [-0.15, -0.1) is 0 Å². The highest BCUT2D eigenvalue weighted by Gasteiger charge is 2.28. The number of rotatable bonds is 125. The Morgan fingerprint density at radius 1 is 0.192 bits per heavy atom. The standard InChI is InChI=1S/2C36H74O.2C36H72/c1-4-7-10-13-16-19-20-23-25-28-31-35(30-27-24-21-17-14-11-8-5-2)33-36(34-37)32-29-26-22-18-15-12-9-6-3;1-4-7-10-13-16-19-21-24-27-30-33-36(35-37,32-29-26-23-18-15-12-9-6-3)34-31-28-25-22-20-17-14-11-8-5-2;1-5-8-11-14-17-20-21-24-27-30-33-36(32-29-26-23-19-16-13-10-7-3)34-35(4)31-28-25-22-18-15-12-9-6-2;1-5-8-11-14-17-20-22-25-28-31-34-36(4,33-30-27-24-19-16-13-10-7-3)35-32-29-26-23-21-18-15-12-9-6-2/h35-37H,4-34H2,1-3H3;37H,4-35H2,1-3H3;36H,4-34H2,1-3H3;31,34H,5-30,32-33,35H2,1-4H3/b;;;34-31+. The molecule has 0 aromatic rings. The molecule has 0 aromatic carbocycles. The van der Waals surface area contributed by atoms with Crippen LogP contribution >= 0.6 is 0 Å². The van der Waals surface area contributed by atoms with Gasteiger partial charge in [0.05, 0.1) is 0 Å². The number of hydrogen-bond donors (Lipinski definition) is 2. The Bertz CT molecular complexity index is 2220. The van der Waals surface area contributed by atoms with E-state index in [-0.39, 0.29) is 5.41 Å². The fourth-order valence-corrected chi connectivity index (χ4v) is 24.0. The molecule has 0 aliphatic heterocycles. The number of allylic oxidation sites excluding steroid dienone is 3. The molecule has 4 atom stereocenters. The van der Waals surface area contributed by atoms with Crippen LogP contribution in [0.2, 0.25) is 0 Å². The molecule has 0 spiro atoms. The van der Waals surface area contributed by atoms with Gasteiger partial charge in [-0.05, 0) is 106 Å². The molecule has 0 heterocycles. The lowest BCUT2D eigenvalue weighted by molar-refractivity contribution is 0.0856. The van der Waals surface area contributed by atoms with Gasteiger partial charge in [-0.1, -0.05) is 808 Å². The Balaban J connectivity index is -0.000000921. The molecule has 2 nitrogen and oxygen atoms in total. The molecule has 0 aromatic heterocycles. The second kappa shape index (κ2) is 137. The van der Waals surface area contributed by atoms with Crippen LogP contribution in [-0.4, -0.2) is 23.4 Å². The zero-order valence-corrected chi connectivity index (χ0v) is 105. The maximum atomic E-state index is 10.6. The zero-order chi connectivity index (χ0) is 107.